The quantitative estimate of drug-likeness (QED) is 0.499. The van der Waals surface area contributed by atoms with E-state index in [1.807, 2.05) is 0 Å². The molecule has 0 aliphatic rings. The zero-order chi connectivity index (χ0) is 7.84. The first-order chi connectivity index (χ1) is 5.27. The molecule has 0 aliphatic heterocycles. The smallest absolute Gasteiger partial charge is 0.277 e. The Morgan fingerprint density at radius 3 is 3.09 bits per heavy atom. The summed E-state index contributed by atoms with van der Waals surface area (Å²) in [5.41, 5.74) is 0.651. The van der Waals surface area contributed by atoms with Crippen LogP contribution in [-0.4, -0.2) is 19.9 Å². The molecule has 0 fully saturated rings. The number of hydrogen-bond donors (Lipinski definition) is 3. The fourth-order valence-corrected chi connectivity index (χ4v) is 1.06. The van der Waals surface area contributed by atoms with Crippen molar-refractivity contribution in [3.05, 3.63) is 21.5 Å². The first kappa shape index (κ1) is 6.29. The minimum Gasteiger partial charge on any atom is -0.339 e. The van der Waals surface area contributed by atoms with Crippen molar-refractivity contribution in [1.82, 2.24) is 19.9 Å². The number of nitrogens with zero attached hydrogens (tertiary/aromatic N) is 1. The Labute approximate surface area is 65.5 Å². The molecule has 2 heterocycles. The van der Waals surface area contributed by atoms with Gasteiger partial charge in [0, 0.05) is 0 Å². The van der Waals surface area contributed by atoms with Crippen LogP contribution < -0.4 is 5.56 Å². The van der Waals surface area contributed by atoms with Crippen LogP contribution in [0.25, 0.3) is 11.2 Å². The largest absolute Gasteiger partial charge is 0.339 e. The molecule has 0 aliphatic carbocycles. The van der Waals surface area contributed by atoms with Crippen LogP contribution in [0.1, 0.15) is 0 Å². The second-order valence-electron chi connectivity index (χ2n) is 2.03. The molecule has 0 spiro atoms. The van der Waals surface area contributed by atoms with E-state index in [4.69, 9.17) is 12.2 Å². The zero-order valence-corrected chi connectivity index (χ0v) is 6.16. The van der Waals surface area contributed by atoms with E-state index in [9.17, 15) is 4.79 Å². The third-order valence-electron chi connectivity index (χ3n) is 1.33. The van der Waals surface area contributed by atoms with Gasteiger partial charge in [0.25, 0.3) is 5.56 Å². The standard InChI is InChI=1S/C5H4N4OS/c10-4-2-3(7-1-6-2)8-5(11)9-4/h1H,(H3,6,7,8,9,10,11)/i5+1,8+1,9+1. The summed E-state index contributed by atoms with van der Waals surface area (Å²) in [6, 6.07) is 0. The predicted molar refractivity (Wildman–Crippen MR) is 41.9 cm³/mol. The van der Waals surface area contributed by atoms with E-state index in [-0.39, 0.29) is 10.3 Å². The van der Waals surface area contributed by atoms with E-state index in [1.54, 1.807) is 0 Å². The summed E-state index contributed by atoms with van der Waals surface area (Å²) in [4.78, 5) is 22.7. The summed E-state index contributed by atoms with van der Waals surface area (Å²) in [5, 5.41) is 0. The lowest BCUT2D eigenvalue weighted by atomic mass is 10.6. The van der Waals surface area contributed by atoms with Crippen molar-refractivity contribution in [2.24, 2.45) is 0 Å². The fourth-order valence-electron chi connectivity index (χ4n) is 0.867. The van der Waals surface area contributed by atoms with E-state index >= 15 is 0 Å². The number of H-pyrrole nitrogens is 3. The Balaban J connectivity index is 3.15. The van der Waals surface area contributed by atoms with Gasteiger partial charge in [0.15, 0.2) is 10.4 Å². The van der Waals surface area contributed by atoms with Crippen LogP contribution in [0, 0.1) is 4.77 Å². The molecule has 5 nitrogen and oxygen atoms in total. The maximum absolute atomic E-state index is 11.0. The second-order valence-corrected chi connectivity index (χ2v) is 2.44. The topological polar surface area (TPSA) is 77.3 Å². The molecule has 0 aromatic carbocycles. The Bertz CT molecular complexity index is 493. The first-order valence-corrected chi connectivity index (χ1v) is 3.34. The maximum atomic E-state index is 11.0. The molecule has 0 amide bonds. The summed E-state index contributed by atoms with van der Waals surface area (Å²) < 4.78 is 0.287. The monoisotopic (exact) mass is 171 g/mol. The summed E-state index contributed by atoms with van der Waals surface area (Å²) >= 11 is 4.73. The van der Waals surface area contributed by atoms with Gasteiger partial charge in [0.05, 0.1) is 6.33 Å². The molecule has 56 valence electrons. The van der Waals surface area contributed by atoms with Gasteiger partial charge in [-0.1, -0.05) is 0 Å². The van der Waals surface area contributed by atoms with Crippen molar-refractivity contribution in [2.45, 2.75) is 0 Å². The number of rotatable bonds is 0. The van der Waals surface area contributed by atoms with E-state index in [2.05, 4.69) is 19.9 Å². The highest BCUT2D eigenvalue weighted by Crippen LogP contribution is 1.95. The van der Waals surface area contributed by atoms with Crippen LogP contribution in [0.5, 0.6) is 0 Å². The lowest BCUT2D eigenvalue weighted by Gasteiger charge is -1.85. The zero-order valence-electron chi connectivity index (χ0n) is 5.34. The maximum Gasteiger partial charge on any atom is 0.277 e. The molecule has 0 radical (unpaired) electrons. The van der Waals surface area contributed by atoms with Gasteiger partial charge < -0.3 is 9.97 Å². The molecule has 0 unspecified atom stereocenters. The Morgan fingerprint density at radius 1 is 1.45 bits per heavy atom. The number of aromatic amines is 3. The molecule has 6 heteroatoms. The third-order valence-corrected chi connectivity index (χ3v) is 1.53. The lowest BCUT2D eigenvalue weighted by Crippen LogP contribution is -2.07. The minimum atomic E-state index is -0.249. The van der Waals surface area contributed by atoms with Crippen molar-refractivity contribution in [2.75, 3.05) is 0 Å². The Kier molecular flexibility index (Phi) is 1.16. The van der Waals surface area contributed by atoms with E-state index in [0.717, 1.165) is 0 Å². The first-order valence-electron chi connectivity index (χ1n) is 2.93. The highest BCUT2D eigenvalue weighted by atomic mass is 32.1. The van der Waals surface area contributed by atoms with E-state index in [0.29, 0.717) is 11.2 Å². The van der Waals surface area contributed by atoms with Gasteiger partial charge in [-0.25, -0.2) is 4.98 Å². The van der Waals surface area contributed by atoms with Crippen LogP contribution >= 0.6 is 12.2 Å². The molecular weight excluding hydrogens is 167 g/mol. The highest BCUT2D eigenvalue weighted by molar-refractivity contribution is 7.71. The normalized spacial score (nSPS) is 10.5. The number of imidazole rings is 1. The summed E-state index contributed by atoms with van der Waals surface area (Å²) in [7, 11) is 0. The average molecular weight is 171 g/mol. The second kappa shape index (κ2) is 2.03. The molecule has 2 aromatic heterocycles. The molecule has 0 atom stereocenters. The van der Waals surface area contributed by atoms with Crippen molar-refractivity contribution < 1.29 is 0 Å². The molecule has 3 N–H and O–H groups in total. The van der Waals surface area contributed by atoms with Gasteiger partial charge in [-0.15, -0.1) is 0 Å². The van der Waals surface area contributed by atoms with Gasteiger partial charge in [-0.05, 0) is 12.2 Å². The molecule has 2 rings (SSSR count). The van der Waals surface area contributed by atoms with Crippen LogP contribution in [0.3, 0.4) is 0 Å². The van der Waals surface area contributed by atoms with Crippen molar-refractivity contribution >= 4 is 23.4 Å². The number of nitrogens with one attached hydrogen (secondary N) is 3. The van der Waals surface area contributed by atoms with Crippen molar-refractivity contribution in [3.8, 4) is 0 Å². The van der Waals surface area contributed by atoms with Crippen molar-refractivity contribution in [1.29, 1.82) is 0 Å². The number of fused-ring (bicyclic) bond motifs is 1. The summed E-state index contributed by atoms with van der Waals surface area (Å²) in [5.74, 6) is 0. The summed E-state index contributed by atoms with van der Waals surface area (Å²) in [6.45, 7) is 0. The van der Waals surface area contributed by atoms with Crippen LogP contribution in [0.2, 0.25) is 0 Å². The van der Waals surface area contributed by atoms with Gasteiger partial charge in [-0.3, -0.25) is 9.78 Å². The number of hydrogen-bond acceptors (Lipinski definition) is 3. The third kappa shape index (κ3) is 0.874. The van der Waals surface area contributed by atoms with Gasteiger partial charge >= 0.3 is 0 Å². The highest BCUT2D eigenvalue weighted by Gasteiger charge is 1.98. The van der Waals surface area contributed by atoms with Gasteiger partial charge in [-0.2, -0.15) is 0 Å². The summed E-state index contributed by atoms with van der Waals surface area (Å²) in [6.07, 6.45) is 1.44. The molecule has 0 bridgehead atoms. The molecule has 11 heavy (non-hydrogen) atoms. The minimum absolute atomic E-state index is 0.249. The molecule has 0 saturated heterocycles. The molecular formula is C5H4N4OS. The van der Waals surface area contributed by atoms with Gasteiger partial charge in [0.2, 0.25) is 0 Å². The Hall–Kier alpha value is -1.43. The van der Waals surface area contributed by atoms with Crippen LogP contribution in [-0.2, 0) is 0 Å². The van der Waals surface area contributed by atoms with E-state index in [1.165, 1.54) is 6.33 Å². The van der Waals surface area contributed by atoms with Crippen LogP contribution in [0.15, 0.2) is 11.1 Å². The Morgan fingerprint density at radius 2 is 2.27 bits per heavy atom. The molecule has 0 saturated carbocycles. The number of aromatic nitrogens is 4. The van der Waals surface area contributed by atoms with Gasteiger partial charge in [0.1, 0.15) is 5.52 Å². The SMILES string of the molecule is O=c1[15nH][13c](=S)[15nH]c2nc[nH]c12. The lowest BCUT2D eigenvalue weighted by molar-refractivity contribution is 1.12. The molecule has 2 aromatic rings. The average Bonchev–Trinajstić information content (AvgIpc) is 2.34. The predicted octanol–water partition coefficient (Wildman–Crippen LogP) is 0.309. The fraction of sp³-hybridized carbons (Fsp3) is 0. The van der Waals surface area contributed by atoms with Crippen LogP contribution in [0.4, 0.5) is 0 Å². The van der Waals surface area contributed by atoms with E-state index < -0.39 is 0 Å². The van der Waals surface area contributed by atoms with Crippen molar-refractivity contribution in [3.63, 3.8) is 0 Å².